The molecule has 1 aromatic heterocycles. The monoisotopic (exact) mass is 461 g/mol. The zero-order valence-electron chi connectivity index (χ0n) is 17.7. The van der Waals surface area contributed by atoms with E-state index in [2.05, 4.69) is 10.2 Å². The van der Waals surface area contributed by atoms with Crippen LogP contribution in [0, 0.1) is 5.92 Å². The van der Waals surface area contributed by atoms with Gasteiger partial charge in [0, 0.05) is 38.0 Å². The van der Waals surface area contributed by atoms with Crippen molar-refractivity contribution in [2.24, 2.45) is 5.92 Å². The number of ether oxygens (including phenoxy) is 2. The average Bonchev–Trinajstić information content (AvgIpc) is 3.45. The van der Waals surface area contributed by atoms with Gasteiger partial charge in [0.15, 0.2) is 0 Å². The van der Waals surface area contributed by atoms with Crippen molar-refractivity contribution >= 4 is 27.3 Å². The van der Waals surface area contributed by atoms with Gasteiger partial charge in [-0.15, -0.1) is 0 Å². The van der Waals surface area contributed by atoms with Crippen LogP contribution in [0.5, 0.6) is 0 Å². The van der Waals surface area contributed by atoms with Crippen molar-refractivity contribution in [1.29, 1.82) is 0 Å². The molecule has 10 heteroatoms. The second-order valence-electron chi connectivity index (χ2n) is 8.25. The van der Waals surface area contributed by atoms with E-state index >= 15 is 0 Å². The molecule has 5 rings (SSSR count). The van der Waals surface area contributed by atoms with E-state index in [0.717, 1.165) is 17.9 Å². The summed E-state index contributed by atoms with van der Waals surface area (Å²) in [6.45, 7) is 3.93. The third-order valence-corrected chi connectivity index (χ3v) is 8.12. The first kappa shape index (κ1) is 21.4. The molecule has 2 aromatic rings. The third-order valence-electron chi connectivity index (χ3n) is 6.22. The van der Waals surface area contributed by atoms with E-state index in [1.54, 1.807) is 24.5 Å². The van der Waals surface area contributed by atoms with E-state index in [0.29, 0.717) is 58.3 Å². The van der Waals surface area contributed by atoms with Gasteiger partial charge in [0.2, 0.25) is 15.9 Å². The molecule has 1 N–H and O–H groups in total. The van der Waals surface area contributed by atoms with Crippen molar-refractivity contribution in [3.05, 3.63) is 42.4 Å². The first-order valence-corrected chi connectivity index (χ1v) is 12.4. The van der Waals surface area contributed by atoms with Crippen LogP contribution in [-0.2, 0) is 24.3 Å². The van der Waals surface area contributed by atoms with Crippen LogP contribution in [0.15, 0.2) is 45.9 Å². The van der Waals surface area contributed by atoms with Crippen LogP contribution in [0.3, 0.4) is 0 Å². The Hall–Kier alpha value is -2.40. The lowest BCUT2D eigenvalue weighted by Gasteiger charge is -2.31. The number of amides is 1. The van der Waals surface area contributed by atoms with Crippen molar-refractivity contribution in [2.75, 3.05) is 62.8 Å². The molecule has 0 spiro atoms. The molecule has 1 amide bonds. The van der Waals surface area contributed by atoms with Crippen LogP contribution in [0.25, 0.3) is 0 Å². The summed E-state index contributed by atoms with van der Waals surface area (Å²) in [5.74, 6) is 0.569. The highest BCUT2D eigenvalue weighted by molar-refractivity contribution is 7.89. The topological polar surface area (TPSA) is 101 Å². The van der Waals surface area contributed by atoms with Gasteiger partial charge in [0.1, 0.15) is 5.76 Å². The second kappa shape index (κ2) is 8.86. The maximum Gasteiger partial charge on any atom is 0.243 e. The summed E-state index contributed by atoms with van der Waals surface area (Å²) in [6, 6.07) is 8.68. The molecule has 3 aliphatic rings. The number of carbonyl (C=O) groups is 1. The Morgan fingerprint density at radius 3 is 2.41 bits per heavy atom. The number of furan rings is 1. The lowest BCUT2D eigenvalue weighted by molar-refractivity contribution is -0.117. The van der Waals surface area contributed by atoms with Crippen LogP contribution in [-0.4, -0.2) is 71.2 Å². The maximum absolute atomic E-state index is 13.2. The highest BCUT2D eigenvalue weighted by atomic mass is 32.2. The molecule has 32 heavy (non-hydrogen) atoms. The third kappa shape index (κ3) is 4.27. The minimum absolute atomic E-state index is 0.0668. The van der Waals surface area contributed by atoms with Gasteiger partial charge < -0.3 is 24.1 Å². The highest BCUT2D eigenvalue weighted by Gasteiger charge is 2.46. The number of sulfonamides is 1. The van der Waals surface area contributed by atoms with Crippen molar-refractivity contribution in [3.8, 4) is 0 Å². The molecular weight excluding hydrogens is 434 g/mol. The number of nitrogens with zero attached hydrogens (tertiary/aromatic N) is 2. The van der Waals surface area contributed by atoms with Crippen LogP contribution >= 0.6 is 0 Å². The molecule has 2 saturated heterocycles. The van der Waals surface area contributed by atoms with Crippen LogP contribution in [0.4, 0.5) is 11.4 Å². The van der Waals surface area contributed by atoms with E-state index in [-0.39, 0.29) is 22.6 Å². The molecule has 2 atom stereocenters. The molecule has 1 aromatic carbocycles. The van der Waals surface area contributed by atoms with Gasteiger partial charge in [-0.05, 0) is 36.8 Å². The molecule has 2 aliphatic heterocycles. The Kier molecular flexibility index (Phi) is 5.93. The Bertz CT molecular complexity index is 1060. The van der Waals surface area contributed by atoms with Crippen molar-refractivity contribution in [2.45, 2.75) is 17.2 Å². The molecule has 1 saturated carbocycles. The standard InChI is InChI=1S/C22H27N3O6S/c26-22(18-15-17(18)21-2-1-9-31-21)23-19-14-16(32(27,28)25-7-12-30-13-8-25)3-4-20(19)24-5-10-29-11-6-24/h1-4,9,14,17-18H,5-8,10-13,15H2,(H,23,26)/t17-,18-/m1/s1. The molecule has 0 bridgehead atoms. The number of hydrogen-bond acceptors (Lipinski definition) is 7. The number of nitrogens with one attached hydrogen (secondary N) is 1. The van der Waals surface area contributed by atoms with Crippen molar-refractivity contribution in [3.63, 3.8) is 0 Å². The fourth-order valence-electron chi connectivity index (χ4n) is 4.32. The first-order chi connectivity index (χ1) is 15.5. The molecule has 172 valence electrons. The summed E-state index contributed by atoms with van der Waals surface area (Å²) in [6.07, 6.45) is 2.33. The minimum Gasteiger partial charge on any atom is -0.469 e. The number of hydrogen-bond donors (Lipinski definition) is 1. The smallest absolute Gasteiger partial charge is 0.243 e. The molecule has 3 heterocycles. The van der Waals surface area contributed by atoms with Gasteiger partial charge in [-0.2, -0.15) is 4.31 Å². The Balaban J connectivity index is 1.41. The number of carbonyl (C=O) groups excluding carboxylic acids is 1. The Labute approximate surface area is 187 Å². The minimum atomic E-state index is -3.67. The van der Waals surface area contributed by atoms with Gasteiger partial charge in [-0.1, -0.05) is 0 Å². The fourth-order valence-corrected chi connectivity index (χ4v) is 5.75. The molecular formula is C22H27N3O6S. The predicted octanol–water partition coefficient (Wildman–Crippen LogP) is 1.88. The van der Waals surface area contributed by atoms with Crippen LogP contribution < -0.4 is 10.2 Å². The molecule has 1 aliphatic carbocycles. The van der Waals surface area contributed by atoms with Gasteiger partial charge in [0.05, 0.1) is 49.0 Å². The highest BCUT2D eigenvalue weighted by Crippen LogP contribution is 2.48. The zero-order chi connectivity index (χ0) is 22.1. The lowest BCUT2D eigenvalue weighted by Crippen LogP contribution is -2.40. The summed E-state index contributed by atoms with van der Waals surface area (Å²) in [5.41, 5.74) is 1.31. The van der Waals surface area contributed by atoms with Crippen LogP contribution in [0.1, 0.15) is 18.1 Å². The van der Waals surface area contributed by atoms with E-state index in [4.69, 9.17) is 13.9 Å². The quantitative estimate of drug-likeness (QED) is 0.701. The predicted molar refractivity (Wildman–Crippen MR) is 117 cm³/mol. The van der Waals surface area contributed by atoms with Crippen molar-refractivity contribution < 1.29 is 27.1 Å². The van der Waals surface area contributed by atoms with E-state index in [1.807, 2.05) is 12.1 Å². The summed E-state index contributed by atoms with van der Waals surface area (Å²) < 4.78 is 44.0. The summed E-state index contributed by atoms with van der Waals surface area (Å²) in [4.78, 5) is 15.3. The van der Waals surface area contributed by atoms with E-state index in [1.165, 1.54) is 4.31 Å². The normalized spacial score (nSPS) is 24.3. The Morgan fingerprint density at radius 1 is 1.00 bits per heavy atom. The van der Waals surface area contributed by atoms with E-state index < -0.39 is 10.0 Å². The summed E-state index contributed by atoms with van der Waals surface area (Å²) >= 11 is 0. The SMILES string of the molecule is O=C(Nc1cc(S(=O)(=O)N2CCOCC2)ccc1N1CCOCC1)[C@@H]1C[C@H]1c1ccco1. The maximum atomic E-state index is 13.2. The first-order valence-electron chi connectivity index (χ1n) is 10.9. The van der Waals surface area contributed by atoms with Crippen molar-refractivity contribution in [1.82, 2.24) is 4.31 Å². The van der Waals surface area contributed by atoms with Gasteiger partial charge in [-0.25, -0.2) is 8.42 Å². The number of benzene rings is 1. The summed E-state index contributed by atoms with van der Waals surface area (Å²) in [5, 5.41) is 3.01. The zero-order valence-corrected chi connectivity index (χ0v) is 18.6. The molecule has 0 unspecified atom stereocenters. The lowest BCUT2D eigenvalue weighted by atomic mass is 10.2. The van der Waals surface area contributed by atoms with Crippen LogP contribution in [0.2, 0.25) is 0 Å². The van der Waals surface area contributed by atoms with E-state index in [9.17, 15) is 13.2 Å². The molecule has 3 fully saturated rings. The van der Waals surface area contributed by atoms with Gasteiger partial charge >= 0.3 is 0 Å². The molecule has 9 nitrogen and oxygen atoms in total. The largest absolute Gasteiger partial charge is 0.469 e. The summed E-state index contributed by atoms with van der Waals surface area (Å²) in [7, 11) is -3.67. The number of rotatable bonds is 6. The fraction of sp³-hybridized carbons (Fsp3) is 0.500. The van der Waals surface area contributed by atoms with Gasteiger partial charge in [-0.3, -0.25) is 4.79 Å². The van der Waals surface area contributed by atoms with Gasteiger partial charge in [0.25, 0.3) is 0 Å². The second-order valence-corrected chi connectivity index (χ2v) is 10.2. The Morgan fingerprint density at radius 2 is 1.72 bits per heavy atom. The average molecular weight is 462 g/mol. The molecule has 0 radical (unpaired) electrons. The number of anilines is 2. The number of morpholine rings is 2.